The number of carbonyl (C=O) groups is 2. The van der Waals surface area contributed by atoms with Crippen molar-refractivity contribution in [3.05, 3.63) is 35.5 Å². The summed E-state index contributed by atoms with van der Waals surface area (Å²) in [6, 6.07) is 4.90. The minimum absolute atomic E-state index is 0.209. The minimum atomic E-state index is -4.77. The van der Waals surface area contributed by atoms with Gasteiger partial charge in [-0.2, -0.15) is 17.6 Å². The predicted octanol–water partition coefficient (Wildman–Crippen LogP) is 2.32. The molecule has 0 amide bonds. The predicted molar refractivity (Wildman–Crippen MR) is 82.4 cm³/mol. The molecule has 1 heterocycles. The Labute approximate surface area is 151 Å². The van der Waals surface area contributed by atoms with E-state index >= 15 is 0 Å². The summed E-state index contributed by atoms with van der Waals surface area (Å²) in [6.07, 6.45) is -8.85. The molecule has 0 aromatic heterocycles. The van der Waals surface area contributed by atoms with Crippen LogP contribution in [-0.4, -0.2) is 52.0 Å². The maximum absolute atomic E-state index is 13.4. The smallest absolute Gasteiger partial charge is 0.461 e. The molecule has 1 aliphatic heterocycles. The summed E-state index contributed by atoms with van der Waals surface area (Å²) in [5.41, 5.74) is -0.780. The largest absolute Gasteiger partial charge is 0.466 e. The normalized spacial score (nSPS) is 15.0. The lowest BCUT2D eigenvalue weighted by atomic mass is 10.1. The van der Waals surface area contributed by atoms with E-state index in [0.29, 0.717) is 0 Å². The maximum atomic E-state index is 13.4. The van der Waals surface area contributed by atoms with Gasteiger partial charge in [0.25, 0.3) is 0 Å². The average molecular weight is 393 g/mol. The first kappa shape index (κ1) is 20.5. The molecule has 1 aromatic carbocycles. The Balaban J connectivity index is 2.56. The Bertz CT molecular complexity index is 752. The van der Waals surface area contributed by atoms with E-state index < -0.39 is 30.2 Å². The topological polar surface area (TPSA) is 74.3 Å². The summed E-state index contributed by atoms with van der Waals surface area (Å²) >= 11 is 0. The van der Waals surface area contributed by atoms with Gasteiger partial charge in [-0.1, -0.05) is 12.1 Å². The fourth-order valence-electron chi connectivity index (χ4n) is 2.29. The summed E-state index contributed by atoms with van der Waals surface area (Å²) in [5, 5.41) is 0. The number of esters is 2. The molecule has 0 unspecified atom stereocenters. The molecule has 148 valence electrons. The molecular weight excluding hydrogens is 378 g/mol. The van der Waals surface area contributed by atoms with Gasteiger partial charge in [0.2, 0.25) is 0 Å². The number of halogens is 4. The van der Waals surface area contributed by atoms with Gasteiger partial charge in [-0.05, 0) is 12.1 Å². The zero-order valence-electron chi connectivity index (χ0n) is 14.2. The highest BCUT2D eigenvalue weighted by Gasteiger charge is 2.45. The molecule has 0 radical (unpaired) electrons. The van der Waals surface area contributed by atoms with Gasteiger partial charge in [0, 0.05) is 0 Å². The van der Waals surface area contributed by atoms with Crippen molar-refractivity contribution >= 4 is 17.6 Å². The van der Waals surface area contributed by atoms with E-state index in [0.717, 1.165) is 25.2 Å². The van der Waals surface area contributed by atoms with Gasteiger partial charge in [0.05, 0.1) is 32.1 Å². The van der Waals surface area contributed by atoms with Crippen molar-refractivity contribution in [1.82, 2.24) is 0 Å². The monoisotopic (exact) mass is 393 g/mol. The van der Waals surface area contributed by atoms with Crippen molar-refractivity contribution in [3.63, 3.8) is 0 Å². The first-order valence-corrected chi connectivity index (χ1v) is 7.42. The van der Waals surface area contributed by atoms with Crippen molar-refractivity contribution < 1.29 is 46.1 Å². The molecule has 0 saturated heterocycles. The molecule has 7 nitrogen and oxygen atoms in total. The Hall–Kier alpha value is -2.82. The van der Waals surface area contributed by atoms with E-state index in [1.807, 2.05) is 0 Å². The van der Waals surface area contributed by atoms with Crippen LogP contribution in [0, 0.1) is 0 Å². The number of anilines is 1. The summed E-state index contributed by atoms with van der Waals surface area (Å²) in [5.74, 6) is -2.54. The summed E-state index contributed by atoms with van der Waals surface area (Å²) in [7, 11) is 2.12. The van der Waals surface area contributed by atoms with Gasteiger partial charge in [-0.25, -0.2) is 9.59 Å². The fraction of sp³-hybridized carbons (Fsp3) is 0.375. The molecule has 0 fully saturated rings. The maximum Gasteiger partial charge on any atom is 0.461 e. The van der Waals surface area contributed by atoms with E-state index in [-0.39, 0.29) is 30.3 Å². The second-order valence-corrected chi connectivity index (χ2v) is 5.15. The zero-order valence-corrected chi connectivity index (χ0v) is 14.2. The van der Waals surface area contributed by atoms with Crippen molar-refractivity contribution in [3.8, 4) is 5.75 Å². The van der Waals surface area contributed by atoms with Crippen LogP contribution in [0.2, 0.25) is 0 Å². The third-order valence-electron chi connectivity index (χ3n) is 3.49. The third-order valence-corrected chi connectivity index (χ3v) is 3.49. The highest BCUT2D eigenvalue weighted by atomic mass is 19.3. The number of ether oxygens (including phenoxy) is 4. The Morgan fingerprint density at radius 3 is 2.37 bits per heavy atom. The number of hydrogen-bond donors (Lipinski definition) is 0. The van der Waals surface area contributed by atoms with Gasteiger partial charge in [0.1, 0.15) is 18.2 Å². The lowest BCUT2D eigenvalue weighted by Crippen LogP contribution is -2.40. The lowest BCUT2D eigenvalue weighted by molar-refractivity contribution is -0.253. The Morgan fingerprint density at radius 1 is 1.15 bits per heavy atom. The van der Waals surface area contributed by atoms with Gasteiger partial charge in [0.15, 0.2) is 0 Å². The second-order valence-electron chi connectivity index (χ2n) is 5.15. The first-order valence-electron chi connectivity index (χ1n) is 7.42. The summed E-state index contributed by atoms with van der Waals surface area (Å²) < 4.78 is 70.3. The van der Waals surface area contributed by atoms with E-state index in [1.165, 1.54) is 18.2 Å². The second kappa shape index (κ2) is 8.25. The number of carbonyl (C=O) groups excluding carboxylic acids is 2. The van der Waals surface area contributed by atoms with Crippen LogP contribution in [-0.2, 0) is 23.8 Å². The average Bonchev–Trinajstić information content (AvgIpc) is 2.66. The standard InChI is InChI=1S/C16H15F4NO6/c1-24-13(22)9-7-26-8-21(12(9)14(23)25-2)10-5-3-4-6-11(10)27-16(19,20)15(17)18/h3-6,15H,7-8H2,1-2H3. The van der Waals surface area contributed by atoms with Crippen molar-refractivity contribution in [1.29, 1.82) is 0 Å². The molecule has 0 saturated carbocycles. The zero-order chi connectivity index (χ0) is 20.2. The molecule has 0 N–H and O–H groups in total. The molecule has 11 heteroatoms. The number of hydrogen-bond acceptors (Lipinski definition) is 7. The van der Waals surface area contributed by atoms with Crippen LogP contribution in [0.5, 0.6) is 5.75 Å². The number of para-hydroxylation sites is 2. The number of benzene rings is 1. The molecule has 1 aliphatic rings. The van der Waals surface area contributed by atoms with Gasteiger partial charge in [-0.3, -0.25) is 0 Å². The van der Waals surface area contributed by atoms with E-state index in [1.54, 1.807) is 0 Å². The Morgan fingerprint density at radius 2 is 1.78 bits per heavy atom. The van der Waals surface area contributed by atoms with Crippen molar-refractivity contribution in [2.75, 3.05) is 32.5 Å². The van der Waals surface area contributed by atoms with Crippen molar-refractivity contribution in [2.45, 2.75) is 12.5 Å². The highest BCUT2D eigenvalue weighted by Crippen LogP contribution is 2.37. The van der Waals surface area contributed by atoms with E-state index in [2.05, 4.69) is 14.2 Å². The van der Waals surface area contributed by atoms with Crippen LogP contribution in [0.4, 0.5) is 23.2 Å². The molecule has 0 bridgehead atoms. The third kappa shape index (κ3) is 4.30. The van der Waals surface area contributed by atoms with Crippen LogP contribution in [0.1, 0.15) is 0 Å². The molecule has 0 atom stereocenters. The number of rotatable bonds is 6. The highest BCUT2D eigenvalue weighted by molar-refractivity contribution is 6.03. The SMILES string of the molecule is COC(=O)C1=C(C(=O)OC)N(c2ccccc2OC(F)(F)C(F)F)COC1. The minimum Gasteiger partial charge on any atom is -0.466 e. The van der Waals surface area contributed by atoms with Crippen LogP contribution in [0.25, 0.3) is 0 Å². The van der Waals surface area contributed by atoms with Gasteiger partial charge < -0.3 is 23.8 Å². The lowest BCUT2D eigenvalue weighted by Gasteiger charge is -2.32. The van der Waals surface area contributed by atoms with Crippen LogP contribution in [0.3, 0.4) is 0 Å². The van der Waals surface area contributed by atoms with Crippen LogP contribution in [0.15, 0.2) is 35.5 Å². The quantitative estimate of drug-likeness (QED) is 0.542. The molecule has 0 aliphatic carbocycles. The van der Waals surface area contributed by atoms with Crippen molar-refractivity contribution in [2.24, 2.45) is 0 Å². The molecule has 0 spiro atoms. The van der Waals surface area contributed by atoms with Gasteiger partial charge >= 0.3 is 24.5 Å². The summed E-state index contributed by atoms with van der Waals surface area (Å²) in [6.45, 7) is -0.657. The Kier molecular flexibility index (Phi) is 6.26. The molecule has 27 heavy (non-hydrogen) atoms. The number of methoxy groups -OCH3 is 2. The van der Waals surface area contributed by atoms with Crippen LogP contribution < -0.4 is 9.64 Å². The fourth-order valence-corrected chi connectivity index (χ4v) is 2.29. The van der Waals surface area contributed by atoms with Gasteiger partial charge in [-0.15, -0.1) is 0 Å². The number of alkyl halides is 4. The van der Waals surface area contributed by atoms with E-state index in [9.17, 15) is 27.2 Å². The number of nitrogens with zero attached hydrogens (tertiary/aromatic N) is 1. The molecule has 1 aromatic rings. The molecule has 2 rings (SSSR count). The summed E-state index contributed by atoms with van der Waals surface area (Å²) in [4.78, 5) is 25.1. The van der Waals surface area contributed by atoms with Crippen LogP contribution >= 0.6 is 0 Å². The first-order chi connectivity index (χ1) is 12.7. The molecular formula is C16H15F4NO6. The van der Waals surface area contributed by atoms with E-state index in [4.69, 9.17) is 4.74 Å².